The normalized spacial score (nSPS) is 19.5. The Balaban J connectivity index is 1.36. The topological polar surface area (TPSA) is 42.0 Å². The molecule has 1 amide bonds. The van der Waals surface area contributed by atoms with Crippen molar-refractivity contribution < 1.29 is 14.3 Å². The number of likely N-dealkylation sites (tertiary alicyclic amines) is 1. The minimum Gasteiger partial charge on any atom is -0.486 e. The van der Waals surface area contributed by atoms with E-state index in [-0.39, 0.29) is 11.3 Å². The Morgan fingerprint density at radius 1 is 0.967 bits per heavy atom. The lowest BCUT2D eigenvalue weighted by molar-refractivity contribution is -0.134. The third kappa shape index (κ3) is 3.91. The quantitative estimate of drug-likeness (QED) is 0.704. The van der Waals surface area contributed by atoms with Crippen molar-refractivity contribution in [3.8, 4) is 11.5 Å². The van der Waals surface area contributed by atoms with Gasteiger partial charge in [0, 0.05) is 19.6 Å². The van der Waals surface area contributed by atoms with Crippen LogP contribution in [0.1, 0.15) is 36.8 Å². The fourth-order valence-corrected chi connectivity index (χ4v) is 4.74. The molecular weight excluding hydrogens is 376 g/mol. The summed E-state index contributed by atoms with van der Waals surface area (Å²) in [6.07, 6.45) is 4.42. The number of amides is 1. The van der Waals surface area contributed by atoms with Gasteiger partial charge in [0.1, 0.15) is 13.2 Å². The predicted molar refractivity (Wildman–Crippen MR) is 116 cm³/mol. The van der Waals surface area contributed by atoms with E-state index in [1.54, 1.807) is 0 Å². The van der Waals surface area contributed by atoms with Gasteiger partial charge in [-0.05, 0) is 62.0 Å². The number of nitrogens with zero attached hydrogens (tertiary/aromatic N) is 2. The van der Waals surface area contributed by atoms with E-state index in [1.165, 1.54) is 12.8 Å². The van der Waals surface area contributed by atoms with Crippen LogP contribution in [0.5, 0.6) is 11.5 Å². The van der Waals surface area contributed by atoms with Crippen molar-refractivity contribution in [2.45, 2.75) is 37.6 Å². The molecule has 0 N–H and O–H groups in total. The highest BCUT2D eigenvalue weighted by atomic mass is 16.6. The van der Waals surface area contributed by atoms with Gasteiger partial charge in [-0.1, -0.05) is 36.4 Å². The summed E-state index contributed by atoms with van der Waals surface area (Å²) < 4.78 is 11.4. The van der Waals surface area contributed by atoms with Crippen molar-refractivity contribution in [1.29, 1.82) is 0 Å². The van der Waals surface area contributed by atoms with Crippen LogP contribution in [0.3, 0.4) is 0 Å². The molecular formula is C25H30N2O3. The Morgan fingerprint density at radius 2 is 1.70 bits per heavy atom. The minimum absolute atomic E-state index is 0.266. The maximum Gasteiger partial charge on any atom is 0.233 e. The third-order valence-electron chi connectivity index (χ3n) is 6.64. The van der Waals surface area contributed by atoms with Gasteiger partial charge in [0.15, 0.2) is 11.5 Å². The summed E-state index contributed by atoms with van der Waals surface area (Å²) in [7, 11) is 0. The number of rotatable bonds is 7. The van der Waals surface area contributed by atoms with Crippen LogP contribution in [0.2, 0.25) is 0 Å². The minimum atomic E-state index is -0.333. The van der Waals surface area contributed by atoms with E-state index < -0.39 is 0 Å². The molecule has 5 rings (SSSR count). The smallest absolute Gasteiger partial charge is 0.233 e. The zero-order valence-corrected chi connectivity index (χ0v) is 17.5. The average Bonchev–Trinajstić information content (AvgIpc) is 3.45. The van der Waals surface area contributed by atoms with Gasteiger partial charge in [-0.25, -0.2) is 0 Å². The van der Waals surface area contributed by atoms with Crippen LogP contribution in [0.25, 0.3) is 0 Å². The summed E-state index contributed by atoms with van der Waals surface area (Å²) in [5, 5.41) is 0. The highest BCUT2D eigenvalue weighted by molar-refractivity contribution is 5.91. The third-order valence-corrected chi connectivity index (χ3v) is 6.64. The number of carbonyl (C=O) groups excluding carboxylic acids is 1. The van der Waals surface area contributed by atoms with E-state index in [1.807, 2.05) is 30.3 Å². The lowest BCUT2D eigenvalue weighted by Crippen LogP contribution is -2.42. The maximum atomic E-state index is 13.8. The predicted octanol–water partition coefficient (Wildman–Crippen LogP) is 3.61. The molecule has 0 spiro atoms. The van der Waals surface area contributed by atoms with E-state index >= 15 is 0 Å². The average molecular weight is 407 g/mol. The van der Waals surface area contributed by atoms with Crippen LogP contribution in [0, 0.1) is 0 Å². The van der Waals surface area contributed by atoms with E-state index in [0.29, 0.717) is 19.8 Å². The number of carbonyl (C=O) groups is 1. The molecule has 3 aliphatic rings. The van der Waals surface area contributed by atoms with E-state index in [2.05, 4.69) is 28.0 Å². The molecule has 2 heterocycles. The van der Waals surface area contributed by atoms with Crippen LogP contribution in [0.15, 0.2) is 48.5 Å². The Kier molecular flexibility index (Phi) is 5.38. The van der Waals surface area contributed by atoms with E-state index in [0.717, 1.165) is 61.6 Å². The Bertz CT molecular complexity index is 889. The first-order valence-corrected chi connectivity index (χ1v) is 11.2. The lowest BCUT2D eigenvalue weighted by atomic mass is 9.94. The molecule has 30 heavy (non-hydrogen) atoms. The van der Waals surface area contributed by atoms with Gasteiger partial charge < -0.3 is 19.3 Å². The Hall–Kier alpha value is -2.53. The lowest BCUT2D eigenvalue weighted by Gasteiger charge is -2.30. The number of hydrogen-bond donors (Lipinski definition) is 0. The van der Waals surface area contributed by atoms with Gasteiger partial charge in [0.25, 0.3) is 0 Å². The van der Waals surface area contributed by atoms with Gasteiger partial charge in [-0.2, -0.15) is 0 Å². The fourth-order valence-electron chi connectivity index (χ4n) is 4.74. The maximum absolute atomic E-state index is 13.8. The van der Waals surface area contributed by atoms with Crippen LogP contribution >= 0.6 is 0 Å². The molecule has 158 valence electrons. The number of hydrogen-bond acceptors (Lipinski definition) is 4. The van der Waals surface area contributed by atoms with Crippen molar-refractivity contribution in [2.75, 3.05) is 39.4 Å². The van der Waals surface area contributed by atoms with Crippen LogP contribution < -0.4 is 9.47 Å². The molecule has 0 radical (unpaired) electrons. The first kappa shape index (κ1) is 19.4. The van der Waals surface area contributed by atoms with Gasteiger partial charge >= 0.3 is 0 Å². The molecule has 5 heteroatoms. The summed E-state index contributed by atoms with van der Waals surface area (Å²) in [5.74, 6) is 1.85. The summed E-state index contributed by atoms with van der Waals surface area (Å²) >= 11 is 0. The second kappa shape index (κ2) is 8.31. The molecule has 2 fully saturated rings. The summed E-state index contributed by atoms with van der Waals surface area (Å²) in [5.41, 5.74) is 1.92. The van der Waals surface area contributed by atoms with E-state index in [9.17, 15) is 4.79 Å². The van der Waals surface area contributed by atoms with E-state index in [4.69, 9.17) is 9.47 Å². The van der Waals surface area contributed by atoms with Gasteiger partial charge in [0.05, 0.1) is 5.41 Å². The second-order valence-electron chi connectivity index (χ2n) is 8.70. The van der Waals surface area contributed by atoms with Gasteiger partial charge in [-0.15, -0.1) is 0 Å². The number of fused-ring (bicyclic) bond motifs is 1. The number of benzene rings is 2. The first-order chi connectivity index (χ1) is 14.7. The molecule has 2 aliphatic heterocycles. The summed E-state index contributed by atoms with van der Waals surface area (Å²) in [4.78, 5) is 18.3. The van der Waals surface area contributed by atoms with Crippen molar-refractivity contribution in [3.63, 3.8) is 0 Å². The SMILES string of the molecule is O=C(N(CCN1CCCC1)Cc1ccc2c(c1)OCCO2)C1(c2ccccc2)CC1. The first-order valence-electron chi connectivity index (χ1n) is 11.2. The monoisotopic (exact) mass is 406 g/mol. The summed E-state index contributed by atoms with van der Waals surface area (Å²) in [6.45, 7) is 5.78. The zero-order valence-electron chi connectivity index (χ0n) is 17.5. The van der Waals surface area contributed by atoms with Crippen LogP contribution in [-0.2, 0) is 16.8 Å². The largest absolute Gasteiger partial charge is 0.486 e. The van der Waals surface area contributed by atoms with Crippen molar-refractivity contribution in [2.24, 2.45) is 0 Å². The summed E-state index contributed by atoms with van der Waals surface area (Å²) in [6, 6.07) is 16.4. The Morgan fingerprint density at radius 3 is 2.43 bits per heavy atom. The second-order valence-corrected chi connectivity index (χ2v) is 8.70. The highest BCUT2D eigenvalue weighted by Gasteiger charge is 2.52. The standard InChI is InChI=1S/C25H30N2O3/c28-24(25(10-11-25)21-6-2-1-3-7-21)27(15-14-26-12-4-5-13-26)19-20-8-9-22-23(18-20)30-17-16-29-22/h1-3,6-9,18H,4-5,10-17,19H2. The molecule has 2 aromatic carbocycles. The molecule has 0 atom stereocenters. The molecule has 1 saturated heterocycles. The van der Waals surface area contributed by atoms with Gasteiger partial charge in [-0.3, -0.25) is 4.79 Å². The molecule has 0 unspecified atom stereocenters. The van der Waals surface area contributed by atoms with Crippen molar-refractivity contribution in [3.05, 3.63) is 59.7 Å². The Labute approximate surface area is 178 Å². The molecule has 0 bridgehead atoms. The molecule has 1 aliphatic carbocycles. The zero-order chi connectivity index (χ0) is 20.4. The fraction of sp³-hybridized carbons (Fsp3) is 0.480. The molecule has 5 nitrogen and oxygen atoms in total. The van der Waals surface area contributed by atoms with Crippen molar-refractivity contribution >= 4 is 5.91 Å². The van der Waals surface area contributed by atoms with Gasteiger partial charge in [0.2, 0.25) is 5.91 Å². The molecule has 2 aromatic rings. The highest BCUT2D eigenvalue weighted by Crippen LogP contribution is 2.49. The number of ether oxygens (including phenoxy) is 2. The van der Waals surface area contributed by atoms with Crippen molar-refractivity contribution in [1.82, 2.24) is 9.80 Å². The van der Waals surface area contributed by atoms with Crippen LogP contribution in [0.4, 0.5) is 0 Å². The molecule has 1 saturated carbocycles. The van der Waals surface area contributed by atoms with Crippen LogP contribution in [-0.4, -0.2) is 55.1 Å². The molecule has 0 aromatic heterocycles.